The summed E-state index contributed by atoms with van der Waals surface area (Å²) in [6, 6.07) is 9.41. The van der Waals surface area contributed by atoms with Crippen molar-refractivity contribution >= 4 is 54.8 Å². The number of hydrogen-bond acceptors (Lipinski definition) is 5. The van der Waals surface area contributed by atoms with Crippen LogP contribution in [0.3, 0.4) is 0 Å². The summed E-state index contributed by atoms with van der Waals surface area (Å²) in [7, 11) is -3.74. The second-order valence-electron chi connectivity index (χ2n) is 11.1. The Hall–Kier alpha value is -1.75. The zero-order chi connectivity index (χ0) is 25.1. The van der Waals surface area contributed by atoms with Gasteiger partial charge >= 0.3 is 0 Å². The molecule has 4 aliphatic carbocycles. The number of sulfonamides is 1. The lowest BCUT2D eigenvalue weighted by atomic mass is 9.53. The minimum absolute atomic E-state index is 0.0473. The van der Waals surface area contributed by atoms with E-state index in [9.17, 15) is 18.0 Å². The Labute approximate surface area is 224 Å². The third-order valence-electron chi connectivity index (χ3n) is 8.45. The fraction of sp³-hybridized carbons (Fsp3) is 0.538. The second kappa shape index (κ2) is 9.22. The molecule has 7 rings (SSSR count). The first-order valence-corrected chi connectivity index (χ1v) is 15.8. The van der Waals surface area contributed by atoms with Gasteiger partial charge in [-0.25, -0.2) is 8.42 Å². The van der Waals surface area contributed by atoms with Gasteiger partial charge in [-0.15, -0.1) is 11.3 Å². The molecule has 2 aromatic rings. The van der Waals surface area contributed by atoms with Crippen LogP contribution in [0.25, 0.3) is 0 Å². The largest absolute Gasteiger partial charge is 0.347 e. The Morgan fingerprint density at radius 1 is 0.972 bits per heavy atom. The summed E-state index contributed by atoms with van der Waals surface area (Å²) in [5.74, 6) is 1.88. The van der Waals surface area contributed by atoms with Crippen molar-refractivity contribution in [1.29, 1.82) is 0 Å². The highest BCUT2D eigenvalue weighted by molar-refractivity contribution is 9.11. The van der Waals surface area contributed by atoms with Gasteiger partial charge in [0.2, 0.25) is 5.91 Å². The van der Waals surface area contributed by atoms with Crippen LogP contribution in [-0.2, 0) is 14.8 Å². The third kappa shape index (κ3) is 4.54. The zero-order valence-electron chi connectivity index (χ0n) is 19.9. The predicted octanol–water partition coefficient (Wildman–Crippen LogP) is 5.00. The van der Waals surface area contributed by atoms with Gasteiger partial charge in [-0.2, -0.15) is 4.31 Å². The predicted molar refractivity (Wildman–Crippen MR) is 142 cm³/mol. The monoisotopic (exact) mass is 591 g/mol. The minimum atomic E-state index is -3.74. The molecule has 1 aromatic carbocycles. The number of thiophene rings is 1. The van der Waals surface area contributed by atoms with Crippen LogP contribution in [-0.4, -0.2) is 42.7 Å². The van der Waals surface area contributed by atoms with Crippen LogP contribution in [0.15, 0.2) is 44.4 Å². The van der Waals surface area contributed by atoms with E-state index < -0.39 is 16.1 Å². The van der Waals surface area contributed by atoms with Crippen molar-refractivity contribution < 1.29 is 18.0 Å². The molecule has 1 aliphatic heterocycles. The maximum absolute atomic E-state index is 13.1. The van der Waals surface area contributed by atoms with Gasteiger partial charge in [0, 0.05) is 23.3 Å². The fourth-order valence-electron chi connectivity index (χ4n) is 7.35. The van der Waals surface area contributed by atoms with E-state index in [0.717, 1.165) is 52.1 Å². The van der Waals surface area contributed by atoms with Crippen LogP contribution >= 0.6 is 27.3 Å². The van der Waals surface area contributed by atoms with Crippen molar-refractivity contribution in [3.8, 4) is 0 Å². The lowest BCUT2D eigenvalue weighted by Gasteiger charge is -2.56. The first-order chi connectivity index (χ1) is 17.2. The first kappa shape index (κ1) is 24.6. The summed E-state index contributed by atoms with van der Waals surface area (Å²) < 4.78 is 28.4. The van der Waals surface area contributed by atoms with Gasteiger partial charge in [0.05, 0.1) is 3.79 Å². The van der Waals surface area contributed by atoms with Crippen LogP contribution in [0.2, 0.25) is 0 Å². The van der Waals surface area contributed by atoms with Crippen molar-refractivity contribution in [2.45, 2.75) is 67.2 Å². The van der Waals surface area contributed by atoms with E-state index in [1.54, 1.807) is 36.4 Å². The molecule has 1 saturated heterocycles. The number of rotatable bonds is 6. The standard InChI is InChI=1S/C26H30BrN3O4S2/c27-22-7-8-23(35-22)36(33,34)30-9-1-2-21(30)25(32)28-20-5-3-19(4-6-20)24(31)29-26-13-16-10-17(14-26)12-18(11-16)15-26/h3-8,16-18,21H,1-2,9-15H2,(H,28,32)(H,29,31)/t16?,17?,18?,21-,26?/m0/s1. The number of nitrogens with zero attached hydrogens (tertiary/aromatic N) is 1. The van der Waals surface area contributed by atoms with E-state index in [-0.39, 0.29) is 21.6 Å². The minimum Gasteiger partial charge on any atom is -0.347 e. The molecule has 5 aliphatic rings. The molecular weight excluding hydrogens is 562 g/mol. The highest BCUT2D eigenvalue weighted by Gasteiger charge is 2.51. The Morgan fingerprint density at radius 2 is 1.61 bits per heavy atom. The van der Waals surface area contributed by atoms with E-state index in [0.29, 0.717) is 30.6 Å². The highest BCUT2D eigenvalue weighted by Crippen LogP contribution is 2.55. The average Bonchev–Trinajstić information content (AvgIpc) is 3.48. The van der Waals surface area contributed by atoms with E-state index in [1.807, 2.05) is 0 Å². The Morgan fingerprint density at radius 3 is 2.19 bits per heavy atom. The zero-order valence-corrected chi connectivity index (χ0v) is 23.1. The summed E-state index contributed by atoms with van der Waals surface area (Å²) in [5.41, 5.74) is 1.08. The van der Waals surface area contributed by atoms with Crippen LogP contribution in [0, 0.1) is 17.8 Å². The Bertz CT molecular complexity index is 1260. The van der Waals surface area contributed by atoms with Crippen LogP contribution in [0.4, 0.5) is 5.69 Å². The molecule has 5 fully saturated rings. The van der Waals surface area contributed by atoms with Crippen LogP contribution in [0.1, 0.15) is 61.7 Å². The normalized spacial score (nSPS) is 31.5. The van der Waals surface area contributed by atoms with Crippen molar-refractivity contribution in [3.05, 3.63) is 45.7 Å². The molecule has 2 heterocycles. The van der Waals surface area contributed by atoms with Gasteiger partial charge in [-0.3, -0.25) is 9.59 Å². The molecule has 1 atom stereocenters. The van der Waals surface area contributed by atoms with E-state index in [2.05, 4.69) is 26.6 Å². The highest BCUT2D eigenvalue weighted by atomic mass is 79.9. The van der Waals surface area contributed by atoms with Gasteiger partial charge < -0.3 is 10.6 Å². The van der Waals surface area contributed by atoms with Crippen LogP contribution < -0.4 is 10.6 Å². The molecule has 36 heavy (non-hydrogen) atoms. The summed E-state index contributed by atoms with van der Waals surface area (Å²) in [4.78, 5) is 26.1. The maximum Gasteiger partial charge on any atom is 0.253 e. The summed E-state index contributed by atoms with van der Waals surface area (Å²) in [5, 5.41) is 6.24. The van der Waals surface area contributed by atoms with Crippen molar-refractivity contribution in [2.75, 3.05) is 11.9 Å². The summed E-state index contributed by atoms with van der Waals surface area (Å²) >= 11 is 4.45. The molecule has 0 radical (unpaired) electrons. The fourth-order valence-corrected chi connectivity index (χ4v) is 11.1. The number of halogens is 1. The molecule has 192 valence electrons. The van der Waals surface area contributed by atoms with Gasteiger partial charge in [-0.05, 0) is 121 Å². The summed E-state index contributed by atoms with van der Waals surface area (Å²) in [6.07, 6.45) is 8.39. The molecule has 0 unspecified atom stereocenters. The smallest absolute Gasteiger partial charge is 0.253 e. The average molecular weight is 593 g/mol. The molecule has 4 bridgehead atoms. The van der Waals surface area contributed by atoms with Crippen molar-refractivity contribution in [3.63, 3.8) is 0 Å². The molecular formula is C26H30BrN3O4S2. The lowest BCUT2D eigenvalue weighted by molar-refractivity contribution is -0.119. The van der Waals surface area contributed by atoms with E-state index >= 15 is 0 Å². The molecule has 7 nitrogen and oxygen atoms in total. The SMILES string of the molecule is O=C(NC12CC3CC(CC(C3)C1)C2)c1ccc(NC(=O)[C@@H]2CCCN2S(=O)(=O)c2ccc(Br)s2)cc1. The molecule has 0 spiro atoms. The number of carbonyl (C=O) groups is 2. The number of carbonyl (C=O) groups excluding carboxylic acids is 2. The number of benzene rings is 1. The first-order valence-electron chi connectivity index (χ1n) is 12.7. The van der Waals surface area contributed by atoms with E-state index in [4.69, 9.17) is 0 Å². The van der Waals surface area contributed by atoms with Gasteiger partial charge in [0.25, 0.3) is 15.9 Å². The van der Waals surface area contributed by atoms with Crippen molar-refractivity contribution in [2.24, 2.45) is 17.8 Å². The quantitative estimate of drug-likeness (QED) is 0.494. The van der Waals surface area contributed by atoms with Gasteiger partial charge in [-0.1, -0.05) is 0 Å². The number of amides is 2. The topological polar surface area (TPSA) is 95.6 Å². The molecule has 1 aromatic heterocycles. The van der Waals surface area contributed by atoms with Crippen molar-refractivity contribution in [1.82, 2.24) is 9.62 Å². The molecule has 2 N–H and O–H groups in total. The van der Waals surface area contributed by atoms with Crippen LogP contribution in [0.5, 0.6) is 0 Å². The Balaban J connectivity index is 1.10. The number of anilines is 1. The third-order valence-corrected chi connectivity index (χ3v) is 12.4. The Kier molecular flexibility index (Phi) is 6.29. The molecule has 4 saturated carbocycles. The molecule has 2 amide bonds. The lowest BCUT2D eigenvalue weighted by Crippen LogP contribution is -2.59. The molecule has 10 heteroatoms. The van der Waals surface area contributed by atoms with E-state index in [1.165, 1.54) is 23.6 Å². The summed E-state index contributed by atoms with van der Waals surface area (Å²) in [6.45, 7) is 0.319. The van der Waals surface area contributed by atoms with Gasteiger partial charge in [0.15, 0.2) is 0 Å². The number of hydrogen-bond donors (Lipinski definition) is 2. The second-order valence-corrected chi connectivity index (χ2v) is 15.6. The number of nitrogens with one attached hydrogen (secondary N) is 2. The maximum atomic E-state index is 13.1. The van der Waals surface area contributed by atoms with Gasteiger partial charge in [0.1, 0.15) is 10.3 Å².